The Morgan fingerprint density at radius 1 is 1.20 bits per heavy atom. The number of aromatic nitrogens is 1. The van der Waals surface area contributed by atoms with Gasteiger partial charge in [-0.2, -0.15) is 0 Å². The van der Waals surface area contributed by atoms with Gasteiger partial charge < -0.3 is 14.5 Å². The molecule has 1 saturated heterocycles. The van der Waals surface area contributed by atoms with Crippen LogP contribution in [0.4, 0.5) is 0 Å². The molecule has 0 saturated carbocycles. The van der Waals surface area contributed by atoms with Crippen LogP contribution in [0.15, 0.2) is 18.2 Å². The van der Waals surface area contributed by atoms with E-state index in [9.17, 15) is 9.59 Å². The van der Waals surface area contributed by atoms with Crippen molar-refractivity contribution >= 4 is 11.9 Å². The Morgan fingerprint density at radius 3 is 2.50 bits per heavy atom. The Kier molecular flexibility index (Phi) is 4.68. The molecule has 6 heteroatoms. The first-order valence-electron chi connectivity index (χ1n) is 6.74. The zero-order valence-corrected chi connectivity index (χ0v) is 11.8. The SMILES string of the molecule is CCOC(=O)c1cccc(C(=O)N2CCN(C)CC2)n1. The average Bonchev–Trinajstić information content (AvgIpc) is 2.48. The molecule has 2 heterocycles. The Labute approximate surface area is 118 Å². The summed E-state index contributed by atoms with van der Waals surface area (Å²) in [5.41, 5.74) is 0.465. The summed E-state index contributed by atoms with van der Waals surface area (Å²) < 4.78 is 4.89. The van der Waals surface area contributed by atoms with Crippen molar-refractivity contribution in [3.63, 3.8) is 0 Å². The molecule has 6 nitrogen and oxygen atoms in total. The Morgan fingerprint density at radius 2 is 1.85 bits per heavy atom. The number of rotatable bonds is 3. The maximum Gasteiger partial charge on any atom is 0.356 e. The predicted molar refractivity (Wildman–Crippen MR) is 73.6 cm³/mol. The van der Waals surface area contributed by atoms with Crippen molar-refractivity contribution in [2.75, 3.05) is 39.8 Å². The van der Waals surface area contributed by atoms with Gasteiger partial charge in [0, 0.05) is 26.2 Å². The van der Waals surface area contributed by atoms with Crippen molar-refractivity contribution in [1.82, 2.24) is 14.8 Å². The fourth-order valence-electron chi connectivity index (χ4n) is 2.04. The molecule has 0 unspecified atom stereocenters. The first kappa shape index (κ1) is 14.5. The molecule has 1 amide bonds. The zero-order chi connectivity index (χ0) is 14.5. The number of carbonyl (C=O) groups is 2. The number of ether oxygens (including phenoxy) is 1. The highest BCUT2D eigenvalue weighted by atomic mass is 16.5. The molecular formula is C14H19N3O3. The highest BCUT2D eigenvalue weighted by molar-refractivity contribution is 5.94. The minimum atomic E-state index is -0.500. The van der Waals surface area contributed by atoms with Crippen LogP contribution in [0.25, 0.3) is 0 Å². The van der Waals surface area contributed by atoms with Gasteiger partial charge in [-0.25, -0.2) is 9.78 Å². The van der Waals surface area contributed by atoms with Crippen LogP contribution in [0.2, 0.25) is 0 Å². The molecule has 20 heavy (non-hydrogen) atoms. The van der Waals surface area contributed by atoms with E-state index in [1.807, 2.05) is 7.05 Å². The van der Waals surface area contributed by atoms with Gasteiger partial charge in [0.05, 0.1) is 6.61 Å². The van der Waals surface area contributed by atoms with Gasteiger partial charge in [-0.3, -0.25) is 4.79 Å². The smallest absolute Gasteiger partial charge is 0.356 e. The number of pyridine rings is 1. The van der Waals surface area contributed by atoms with Crippen LogP contribution in [-0.4, -0.2) is 66.5 Å². The van der Waals surface area contributed by atoms with Crippen LogP contribution < -0.4 is 0 Å². The number of likely N-dealkylation sites (N-methyl/N-ethyl adjacent to an activating group) is 1. The highest BCUT2D eigenvalue weighted by Gasteiger charge is 2.22. The first-order chi connectivity index (χ1) is 9.61. The fourth-order valence-corrected chi connectivity index (χ4v) is 2.04. The molecule has 2 rings (SSSR count). The second-order valence-corrected chi connectivity index (χ2v) is 4.72. The van der Waals surface area contributed by atoms with Crippen molar-refractivity contribution in [3.05, 3.63) is 29.6 Å². The van der Waals surface area contributed by atoms with E-state index in [0.29, 0.717) is 18.8 Å². The molecule has 0 aromatic carbocycles. The molecule has 1 aliphatic heterocycles. The molecule has 1 aromatic rings. The van der Waals surface area contributed by atoms with Crippen LogP contribution in [0.3, 0.4) is 0 Å². The van der Waals surface area contributed by atoms with Gasteiger partial charge >= 0.3 is 5.97 Å². The normalized spacial score (nSPS) is 16.0. The second kappa shape index (κ2) is 6.47. The third-order valence-corrected chi connectivity index (χ3v) is 3.24. The van der Waals surface area contributed by atoms with Gasteiger partial charge in [-0.05, 0) is 26.1 Å². The molecule has 0 radical (unpaired) electrons. The summed E-state index contributed by atoms with van der Waals surface area (Å²) in [5.74, 6) is -0.634. The molecule has 0 atom stereocenters. The minimum Gasteiger partial charge on any atom is -0.461 e. The molecule has 1 fully saturated rings. The van der Waals surface area contributed by atoms with E-state index in [4.69, 9.17) is 4.74 Å². The Balaban J connectivity index is 2.10. The van der Waals surface area contributed by atoms with Gasteiger partial charge in [0.2, 0.25) is 0 Å². The molecule has 1 aliphatic rings. The van der Waals surface area contributed by atoms with E-state index >= 15 is 0 Å². The molecule has 0 bridgehead atoms. The largest absolute Gasteiger partial charge is 0.461 e. The summed E-state index contributed by atoms with van der Waals surface area (Å²) in [5, 5.41) is 0. The van der Waals surface area contributed by atoms with Crippen molar-refractivity contribution in [3.8, 4) is 0 Å². The predicted octanol–water partition coefficient (Wildman–Crippen LogP) is 0.646. The summed E-state index contributed by atoms with van der Waals surface area (Å²) in [6.45, 7) is 5.09. The van der Waals surface area contributed by atoms with Gasteiger partial charge in [0.1, 0.15) is 11.4 Å². The van der Waals surface area contributed by atoms with E-state index in [2.05, 4.69) is 9.88 Å². The van der Waals surface area contributed by atoms with Crippen molar-refractivity contribution in [2.45, 2.75) is 6.92 Å². The Hall–Kier alpha value is -1.95. The molecule has 108 valence electrons. The molecule has 0 N–H and O–H groups in total. The first-order valence-corrected chi connectivity index (χ1v) is 6.74. The summed E-state index contributed by atoms with van der Waals surface area (Å²) in [7, 11) is 2.03. The lowest BCUT2D eigenvalue weighted by Crippen LogP contribution is -2.47. The monoisotopic (exact) mass is 277 g/mol. The van der Waals surface area contributed by atoms with Crippen molar-refractivity contribution in [1.29, 1.82) is 0 Å². The van der Waals surface area contributed by atoms with Gasteiger partial charge in [0.25, 0.3) is 5.91 Å². The lowest BCUT2D eigenvalue weighted by Gasteiger charge is -2.32. The number of hydrogen-bond acceptors (Lipinski definition) is 5. The number of piperazine rings is 1. The summed E-state index contributed by atoms with van der Waals surface area (Å²) in [4.78, 5) is 32.0. The van der Waals surface area contributed by atoms with E-state index in [0.717, 1.165) is 13.1 Å². The van der Waals surface area contributed by atoms with E-state index < -0.39 is 5.97 Å². The molecule has 1 aromatic heterocycles. The molecule has 0 spiro atoms. The lowest BCUT2D eigenvalue weighted by atomic mass is 10.2. The summed E-state index contributed by atoms with van der Waals surface area (Å²) in [6, 6.07) is 4.84. The number of hydrogen-bond donors (Lipinski definition) is 0. The van der Waals surface area contributed by atoms with Crippen LogP contribution in [-0.2, 0) is 4.74 Å². The van der Waals surface area contributed by atoms with Gasteiger partial charge in [-0.1, -0.05) is 6.07 Å². The maximum atomic E-state index is 12.3. The standard InChI is InChI=1S/C14H19N3O3/c1-3-20-14(19)12-6-4-5-11(15-12)13(18)17-9-7-16(2)8-10-17/h4-6H,3,7-10H2,1-2H3. The van der Waals surface area contributed by atoms with Gasteiger partial charge in [-0.15, -0.1) is 0 Å². The number of nitrogens with zero attached hydrogens (tertiary/aromatic N) is 3. The second-order valence-electron chi connectivity index (χ2n) is 4.72. The quantitative estimate of drug-likeness (QED) is 0.759. The van der Waals surface area contributed by atoms with Crippen molar-refractivity contribution in [2.24, 2.45) is 0 Å². The number of amides is 1. The zero-order valence-electron chi connectivity index (χ0n) is 11.8. The van der Waals surface area contributed by atoms with E-state index in [1.54, 1.807) is 30.0 Å². The average molecular weight is 277 g/mol. The lowest BCUT2D eigenvalue weighted by molar-refractivity contribution is 0.0519. The van der Waals surface area contributed by atoms with Crippen LogP contribution in [0.1, 0.15) is 27.9 Å². The third-order valence-electron chi connectivity index (χ3n) is 3.24. The number of carbonyl (C=O) groups excluding carboxylic acids is 2. The molecular weight excluding hydrogens is 258 g/mol. The van der Waals surface area contributed by atoms with E-state index in [1.165, 1.54) is 0 Å². The highest BCUT2D eigenvalue weighted by Crippen LogP contribution is 2.08. The maximum absolute atomic E-state index is 12.3. The van der Waals surface area contributed by atoms with Crippen LogP contribution >= 0.6 is 0 Å². The van der Waals surface area contributed by atoms with Crippen LogP contribution in [0, 0.1) is 0 Å². The van der Waals surface area contributed by atoms with Gasteiger partial charge in [0.15, 0.2) is 0 Å². The summed E-state index contributed by atoms with van der Waals surface area (Å²) in [6.07, 6.45) is 0. The van der Waals surface area contributed by atoms with Crippen molar-refractivity contribution < 1.29 is 14.3 Å². The fraction of sp³-hybridized carbons (Fsp3) is 0.500. The Bertz CT molecular complexity index is 496. The van der Waals surface area contributed by atoms with E-state index in [-0.39, 0.29) is 18.2 Å². The summed E-state index contributed by atoms with van der Waals surface area (Å²) >= 11 is 0. The molecule has 0 aliphatic carbocycles. The van der Waals surface area contributed by atoms with Crippen LogP contribution in [0.5, 0.6) is 0 Å². The third kappa shape index (κ3) is 3.33. The number of esters is 1. The topological polar surface area (TPSA) is 62.7 Å². The minimum absolute atomic E-state index is 0.135.